The second-order valence-corrected chi connectivity index (χ2v) is 9.88. The maximum Gasteiger partial charge on any atom is 0.295 e. The number of hydrogen-bond acceptors (Lipinski definition) is 5. The zero-order valence-corrected chi connectivity index (χ0v) is 19.3. The third-order valence-electron chi connectivity index (χ3n) is 5.63. The number of carbonyl (C=O) groups excluding carboxylic acids is 1. The van der Waals surface area contributed by atoms with Crippen molar-refractivity contribution in [2.45, 2.75) is 4.90 Å². The third-order valence-corrected chi connectivity index (χ3v) is 7.18. The third kappa shape index (κ3) is 4.18. The van der Waals surface area contributed by atoms with Crippen molar-refractivity contribution in [2.24, 2.45) is 5.73 Å². The number of fused-ring (bicyclic) bond motifs is 1. The molecule has 0 aromatic heterocycles. The summed E-state index contributed by atoms with van der Waals surface area (Å²) in [6.45, 7) is 3.05. The smallest absolute Gasteiger partial charge is 0.295 e. The van der Waals surface area contributed by atoms with E-state index >= 15 is 0 Å². The monoisotopic (exact) mass is 503 g/mol. The molecule has 3 N–H and O–H groups in total. The fourth-order valence-corrected chi connectivity index (χ4v) is 5.26. The van der Waals surface area contributed by atoms with E-state index in [1.165, 1.54) is 6.07 Å². The zero-order valence-electron chi connectivity index (χ0n) is 16.9. The van der Waals surface area contributed by atoms with E-state index in [0.29, 0.717) is 45.3 Å². The van der Waals surface area contributed by atoms with Crippen LogP contribution in [0, 0.1) is 0 Å². The maximum absolute atomic E-state index is 12.3. The minimum atomic E-state index is -4.50. The molecule has 0 saturated carbocycles. The summed E-state index contributed by atoms with van der Waals surface area (Å²) in [5, 5.41) is 1.52. The lowest BCUT2D eigenvalue weighted by atomic mass is 9.95. The fourth-order valence-electron chi connectivity index (χ4n) is 4.00. The molecule has 0 unspecified atom stereocenters. The van der Waals surface area contributed by atoms with E-state index in [2.05, 4.69) is 25.7 Å². The van der Waals surface area contributed by atoms with E-state index in [0.717, 1.165) is 18.5 Å². The first kappa shape index (κ1) is 21.8. The predicted octanol–water partition coefficient (Wildman–Crippen LogP) is 3.37. The minimum Gasteiger partial charge on any atom is -0.368 e. The van der Waals surface area contributed by atoms with E-state index in [9.17, 15) is 17.8 Å². The SMILES string of the molecule is CN1CCN(c2cc(C(N)=O)c(Br)cc2-c2c(S(=O)(=O)O)ccc3ccccc23)CC1. The van der Waals surface area contributed by atoms with E-state index < -0.39 is 16.0 Å². The highest BCUT2D eigenvalue weighted by molar-refractivity contribution is 9.10. The predicted molar refractivity (Wildman–Crippen MR) is 125 cm³/mol. The number of carbonyl (C=O) groups is 1. The first-order valence-electron chi connectivity index (χ1n) is 9.73. The van der Waals surface area contributed by atoms with Crippen molar-refractivity contribution in [2.75, 3.05) is 38.1 Å². The van der Waals surface area contributed by atoms with E-state index in [-0.39, 0.29) is 4.90 Å². The summed E-state index contributed by atoms with van der Waals surface area (Å²) >= 11 is 3.41. The number of amides is 1. The number of rotatable bonds is 4. The highest BCUT2D eigenvalue weighted by atomic mass is 79.9. The van der Waals surface area contributed by atoms with Crippen LogP contribution in [0.1, 0.15) is 10.4 Å². The van der Waals surface area contributed by atoms with Gasteiger partial charge in [-0.05, 0) is 51.9 Å². The van der Waals surface area contributed by atoms with Gasteiger partial charge in [-0.2, -0.15) is 8.42 Å². The van der Waals surface area contributed by atoms with Crippen molar-refractivity contribution in [3.05, 3.63) is 58.6 Å². The first-order valence-corrected chi connectivity index (χ1v) is 12.0. The van der Waals surface area contributed by atoms with Crippen molar-refractivity contribution in [1.29, 1.82) is 0 Å². The number of piperazine rings is 1. The van der Waals surface area contributed by atoms with Crippen LogP contribution >= 0.6 is 15.9 Å². The maximum atomic E-state index is 12.3. The van der Waals surface area contributed by atoms with Crippen LogP contribution in [-0.2, 0) is 10.1 Å². The Hall–Kier alpha value is -2.46. The summed E-state index contributed by atoms with van der Waals surface area (Å²) in [5.74, 6) is -0.582. The van der Waals surface area contributed by atoms with Gasteiger partial charge in [0.2, 0.25) is 5.91 Å². The van der Waals surface area contributed by atoms with E-state index in [4.69, 9.17) is 5.73 Å². The van der Waals surface area contributed by atoms with Crippen LogP contribution in [0.25, 0.3) is 21.9 Å². The van der Waals surface area contributed by atoms with Crippen molar-refractivity contribution < 1.29 is 17.8 Å². The van der Waals surface area contributed by atoms with Crippen LogP contribution in [-0.4, -0.2) is 57.0 Å². The molecule has 1 saturated heterocycles. The summed E-state index contributed by atoms with van der Waals surface area (Å²) in [7, 11) is -2.46. The number of hydrogen-bond donors (Lipinski definition) is 2. The normalized spacial score (nSPS) is 15.4. The molecule has 0 aliphatic carbocycles. The number of primary amides is 1. The minimum absolute atomic E-state index is 0.180. The summed E-state index contributed by atoms with van der Waals surface area (Å²) in [6.07, 6.45) is 0. The van der Waals surface area contributed by atoms with Gasteiger partial charge in [0.25, 0.3) is 10.1 Å². The highest BCUT2D eigenvalue weighted by Gasteiger charge is 2.26. The molecule has 0 spiro atoms. The largest absolute Gasteiger partial charge is 0.368 e. The van der Waals surface area contributed by atoms with Crippen LogP contribution in [0.3, 0.4) is 0 Å². The Kier molecular flexibility index (Phi) is 5.78. The molecule has 1 fully saturated rings. The number of nitrogens with two attached hydrogens (primary N) is 1. The molecular formula is C22H22BrN3O4S. The van der Waals surface area contributed by atoms with Crippen molar-refractivity contribution in [3.8, 4) is 11.1 Å². The van der Waals surface area contributed by atoms with Gasteiger partial charge >= 0.3 is 0 Å². The van der Waals surface area contributed by atoms with Crippen molar-refractivity contribution >= 4 is 48.4 Å². The van der Waals surface area contributed by atoms with Crippen LogP contribution < -0.4 is 10.6 Å². The molecule has 31 heavy (non-hydrogen) atoms. The van der Waals surface area contributed by atoms with Gasteiger partial charge in [-0.15, -0.1) is 0 Å². The van der Waals surface area contributed by atoms with Gasteiger partial charge in [0.15, 0.2) is 0 Å². The lowest BCUT2D eigenvalue weighted by Crippen LogP contribution is -2.44. The average Bonchev–Trinajstić information content (AvgIpc) is 2.72. The number of benzene rings is 3. The molecule has 1 heterocycles. The van der Waals surface area contributed by atoms with Crippen LogP contribution in [0.4, 0.5) is 5.69 Å². The standard InChI is InChI=1S/C22H22BrN3O4S/c1-25-8-10-26(11-9-25)19-13-16(22(24)27)18(23)12-17(19)21-15-5-3-2-4-14(15)6-7-20(21)31(28,29)30/h2-7,12-13H,8-11H2,1H3,(H2,24,27)(H,28,29,30). The number of likely N-dealkylation sites (N-methyl/N-ethyl adjacent to an activating group) is 1. The Morgan fingerprint density at radius 2 is 1.74 bits per heavy atom. The van der Waals surface area contributed by atoms with Gasteiger partial charge < -0.3 is 15.5 Å². The topological polar surface area (TPSA) is 104 Å². The van der Waals surface area contributed by atoms with E-state index in [1.807, 2.05) is 31.3 Å². The van der Waals surface area contributed by atoms with Gasteiger partial charge in [-0.1, -0.05) is 30.3 Å². The molecular weight excluding hydrogens is 482 g/mol. The molecule has 1 aliphatic heterocycles. The molecule has 162 valence electrons. The Labute approximate surface area is 189 Å². The number of nitrogens with zero attached hydrogens (tertiary/aromatic N) is 2. The first-order chi connectivity index (χ1) is 14.7. The van der Waals surface area contributed by atoms with Crippen LogP contribution in [0.5, 0.6) is 0 Å². The van der Waals surface area contributed by atoms with Gasteiger partial charge in [0.1, 0.15) is 4.90 Å². The zero-order chi connectivity index (χ0) is 22.3. The van der Waals surface area contributed by atoms with Crippen molar-refractivity contribution in [3.63, 3.8) is 0 Å². The molecule has 0 atom stereocenters. The average molecular weight is 504 g/mol. The molecule has 0 radical (unpaired) electrons. The highest BCUT2D eigenvalue weighted by Crippen LogP contribution is 2.42. The summed E-state index contributed by atoms with van der Waals surface area (Å²) in [6, 6.07) is 13.9. The molecule has 7 nitrogen and oxygen atoms in total. The summed E-state index contributed by atoms with van der Waals surface area (Å²) < 4.78 is 35.1. The lowest BCUT2D eigenvalue weighted by molar-refractivity contribution is 0.0999. The van der Waals surface area contributed by atoms with Gasteiger partial charge in [-0.25, -0.2) is 0 Å². The second kappa shape index (κ2) is 8.23. The molecule has 1 amide bonds. The Morgan fingerprint density at radius 1 is 1.06 bits per heavy atom. The Morgan fingerprint density at radius 3 is 2.39 bits per heavy atom. The van der Waals surface area contributed by atoms with Gasteiger partial charge in [-0.3, -0.25) is 9.35 Å². The van der Waals surface area contributed by atoms with E-state index in [1.54, 1.807) is 18.2 Å². The van der Waals surface area contributed by atoms with Crippen molar-refractivity contribution in [1.82, 2.24) is 4.90 Å². The molecule has 1 aliphatic rings. The summed E-state index contributed by atoms with van der Waals surface area (Å²) in [5.41, 5.74) is 7.59. The Balaban J connectivity index is 2.07. The molecule has 4 rings (SSSR count). The molecule has 0 bridgehead atoms. The Bertz CT molecular complexity index is 1290. The van der Waals surface area contributed by atoms with Crippen LogP contribution in [0.15, 0.2) is 57.9 Å². The molecule has 3 aromatic carbocycles. The van der Waals surface area contributed by atoms with Crippen LogP contribution in [0.2, 0.25) is 0 Å². The number of halogens is 1. The van der Waals surface area contributed by atoms with Gasteiger partial charge in [0.05, 0.1) is 5.56 Å². The quantitative estimate of drug-likeness (QED) is 0.529. The fraction of sp³-hybridized carbons (Fsp3) is 0.227. The molecule has 3 aromatic rings. The number of anilines is 1. The second-order valence-electron chi connectivity index (χ2n) is 7.64. The lowest BCUT2D eigenvalue weighted by Gasteiger charge is -2.35. The van der Waals surface area contributed by atoms with Gasteiger partial charge in [0, 0.05) is 47.5 Å². The summed E-state index contributed by atoms with van der Waals surface area (Å²) in [4.78, 5) is 16.2. The molecule has 9 heteroatoms.